The highest BCUT2D eigenvalue weighted by atomic mass is 32.1. The van der Waals surface area contributed by atoms with Gasteiger partial charge in [0.05, 0.1) is 22.1 Å². The van der Waals surface area contributed by atoms with E-state index in [2.05, 4.69) is 21.7 Å². The summed E-state index contributed by atoms with van der Waals surface area (Å²) in [6, 6.07) is 13.9. The Hall–Kier alpha value is -2.24. The maximum absolute atomic E-state index is 11.9. The lowest BCUT2D eigenvalue weighted by Crippen LogP contribution is -2.19. The number of nitrogens with zero attached hydrogens (tertiary/aromatic N) is 1. The number of hydrogen-bond acceptors (Lipinski definition) is 4. The van der Waals surface area contributed by atoms with Gasteiger partial charge in [-0.05, 0) is 30.7 Å². The fraction of sp³-hybridized carbons (Fsp3) is 0.111. The molecule has 116 valence electrons. The first kappa shape index (κ1) is 15.6. The zero-order chi connectivity index (χ0) is 16.1. The minimum absolute atomic E-state index is 0.0895. The van der Waals surface area contributed by atoms with Crippen LogP contribution in [0.5, 0.6) is 0 Å². The molecule has 1 amide bonds. The molecule has 0 radical (unpaired) electrons. The third-order valence-electron chi connectivity index (χ3n) is 3.20. The molecule has 1 aromatic carbocycles. The molecular weight excluding hydrogens is 324 g/mol. The summed E-state index contributed by atoms with van der Waals surface area (Å²) in [5.41, 5.74) is 2.03. The molecule has 0 atom stereocenters. The molecule has 0 aliphatic rings. The van der Waals surface area contributed by atoms with E-state index in [9.17, 15) is 4.79 Å². The number of carbonyl (C=O) groups is 1. The van der Waals surface area contributed by atoms with Gasteiger partial charge in [0.25, 0.3) is 0 Å². The van der Waals surface area contributed by atoms with Crippen LogP contribution in [0.3, 0.4) is 0 Å². The molecule has 23 heavy (non-hydrogen) atoms. The fourth-order valence-electron chi connectivity index (χ4n) is 2.06. The van der Waals surface area contributed by atoms with Gasteiger partial charge in [0.15, 0.2) is 0 Å². The maximum Gasteiger partial charge on any atom is 0.244 e. The lowest BCUT2D eigenvalue weighted by Gasteiger charge is -1.99. The maximum atomic E-state index is 11.9. The van der Waals surface area contributed by atoms with Gasteiger partial charge in [0.2, 0.25) is 5.91 Å². The van der Waals surface area contributed by atoms with Crippen LogP contribution in [0.15, 0.2) is 53.9 Å². The molecule has 0 aliphatic heterocycles. The van der Waals surface area contributed by atoms with Crippen molar-refractivity contribution in [3.05, 3.63) is 69.4 Å². The Morgan fingerprint density at radius 2 is 2.04 bits per heavy atom. The average molecular weight is 340 g/mol. The summed E-state index contributed by atoms with van der Waals surface area (Å²) < 4.78 is 0. The van der Waals surface area contributed by atoms with Crippen molar-refractivity contribution in [1.29, 1.82) is 0 Å². The van der Waals surface area contributed by atoms with E-state index in [0.717, 1.165) is 26.0 Å². The second-order valence-electron chi connectivity index (χ2n) is 4.98. The molecule has 3 aromatic rings. The molecule has 0 unspecified atom stereocenters. The van der Waals surface area contributed by atoms with E-state index < -0.39 is 0 Å². The van der Waals surface area contributed by atoms with Crippen LogP contribution in [0.2, 0.25) is 0 Å². The molecule has 3 nitrogen and oxygen atoms in total. The number of aryl methyl sites for hydroxylation is 1. The van der Waals surface area contributed by atoms with Crippen LogP contribution in [0.4, 0.5) is 0 Å². The lowest BCUT2D eigenvalue weighted by atomic mass is 10.2. The minimum atomic E-state index is -0.0895. The normalized spacial score (nSPS) is 11.0. The zero-order valence-corrected chi connectivity index (χ0v) is 14.3. The number of carbonyl (C=O) groups excluding carboxylic acids is 1. The van der Waals surface area contributed by atoms with Crippen LogP contribution in [-0.4, -0.2) is 10.9 Å². The Kier molecular flexibility index (Phi) is 5.00. The Labute approximate surface area is 143 Å². The van der Waals surface area contributed by atoms with Crippen molar-refractivity contribution in [2.75, 3.05) is 0 Å². The number of hydrogen-bond donors (Lipinski definition) is 1. The molecule has 1 N–H and O–H groups in total. The van der Waals surface area contributed by atoms with Crippen molar-refractivity contribution < 1.29 is 4.79 Å². The van der Waals surface area contributed by atoms with Gasteiger partial charge in [0.1, 0.15) is 0 Å². The first-order valence-electron chi connectivity index (χ1n) is 7.23. The van der Waals surface area contributed by atoms with E-state index in [1.807, 2.05) is 49.4 Å². The summed E-state index contributed by atoms with van der Waals surface area (Å²) >= 11 is 3.31. The molecule has 0 spiro atoms. The van der Waals surface area contributed by atoms with Gasteiger partial charge in [-0.1, -0.05) is 30.3 Å². The van der Waals surface area contributed by atoms with E-state index in [-0.39, 0.29) is 5.91 Å². The van der Waals surface area contributed by atoms with E-state index in [1.54, 1.807) is 28.7 Å². The first-order chi connectivity index (χ1) is 11.2. The smallest absolute Gasteiger partial charge is 0.244 e. The molecule has 3 rings (SSSR count). The summed E-state index contributed by atoms with van der Waals surface area (Å²) in [6.45, 7) is 2.54. The van der Waals surface area contributed by atoms with Crippen LogP contribution in [0.25, 0.3) is 16.6 Å². The molecule has 0 fully saturated rings. The average Bonchev–Trinajstić information content (AvgIpc) is 3.20. The van der Waals surface area contributed by atoms with Crippen molar-refractivity contribution in [2.24, 2.45) is 0 Å². The van der Waals surface area contributed by atoms with Crippen molar-refractivity contribution in [2.45, 2.75) is 13.5 Å². The molecule has 5 heteroatoms. The Bertz CT molecular complexity index is 818. The monoisotopic (exact) mass is 340 g/mol. The van der Waals surface area contributed by atoms with Crippen LogP contribution < -0.4 is 5.32 Å². The van der Waals surface area contributed by atoms with Crippen molar-refractivity contribution in [3.8, 4) is 10.6 Å². The molecule has 2 heterocycles. The van der Waals surface area contributed by atoms with Crippen LogP contribution in [0, 0.1) is 6.92 Å². The van der Waals surface area contributed by atoms with Gasteiger partial charge in [-0.2, -0.15) is 0 Å². The highest BCUT2D eigenvalue weighted by molar-refractivity contribution is 7.16. The Morgan fingerprint density at radius 3 is 2.78 bits per heavy atom. The van der Waals surface area contributed by atoms with Crippen molar-refractivity contribution in [3.63, 3.8) is 0 Å². The van der Waals surface area contributed by atoms with Crippen LogP contribution in [-0.2, 0) is 11.3 Å². The number of aromatic nitrogens is 1. The largest absolute Gasteiger partial charge is 0.348 e. The SMILES string of the molecule is Cc1nc(-c2ccc(CNC(=O)/C=C/c3ccccc3)s2)cs1. The second-order valence-corrected chi connectivity index (χ2v) is 7.21. The van der Waals surface area contributed by atoms with Gasteiger partial charge in [-0.3, -0.25) is 4.79 Å². The standard InChI is InChI=1S/C18H16N2OS2/c1-13-20-16(12-22-13)17-9-8-15(23-17)11-19-18(21)10-7-14-5-3-2-4-6-14/h2-10,12H,11H2,1H3,(H,19,21)/b10-7+. The summed E-state index contributed by atoms with van der Waals surface area (Å²) in [5.74, 6) is -0.0895. The van der Waals surface area contributed by atoms with Gasteiger partial charge < -0.3 is 5.32 Å². The highest BCUT2D eigenvalue weighted by Crippen LogP contribution is 2.28. The molecule has 0 saturated heterocycles. The first-order valence-corrected chi connectivity index (χ1v) is 8.92. The minimum Gasteiger partial charge on any atom is -0.348 e. The van der Waals surface area contributed by atoms with E-state index in [4.69, 9.17) is 0 Å². The number of nitrogens with one attached hydrogen (secondary N) is 1. The van der Waals surface area contributed by atoms with Gasteiger partial charge in [0, 0.05) is 16.3 Å². The van der Waals surface area contributed by atoms with Crippen molar-refractivity contribution in [1.82, 2.24) is 10.3 Å². The molecule has 2 aromatic heterocycles. The third-order valence-corrected chi connectivity index (χ3v) is 5.08. The molecule has 0 bridgehead atoms. The van der Waals surface area contributed by atoms with E-state index in [0.29, 0.717) is 6.54 Å². The van der Waals surface area contributed by atoms with Gasteiger partial charge in [-0.25, -0.2) is 4.98 Å². The fourth-order valence-corrected chi connectivity index (χ4v) is 3.65. The summed E-state index contributed by atoms with van der Waals surface area (Å²) in [4.78, 5) is 18.6. The lowest BCUT2D eigenvalue weighted by molar-refractivity contribution is -0.116. The number of rotatable bonds is 5. The number of thiazole rings is 1. The molecule has 0 saturated carbocycles. The topological polar surface area (TPSA) is 42.0 Å². The molecule has 0 aliphatic carbocycles. The number of benzene rings is 1. The van der Waals surface area contributed by atoms with Crippen LogP contribution in [0.1, 0.15) is 15.4 Å². The van der Waals surface area contributed by atoms with E-state index in [1.165, 1.54) is 0 Å². The van der Waals surface area contributed by atoms with Gasteiger partial charge >= 0.3 is 0 Å². The highest BCUT2D eigenvalue weighted by Gasteiger charge is 2.06. The van der Waals surface area contributed by atoms with Crippen LogP contribution >= 0.6 is 22.7 Å². The Morgan fingerprint density at radius 1 is 1.22 bits per heavy atom. The number of amides is 1. The molecular formula is C18H16N2OS2. The summed E-state index contributed by atoms with van der Waals surface area (Å²) in [5, 5.41) is 6.03. The predicted molar refractivity (Wildman–Crippen MR) is 97.5 cm³/mol. The Balaban J connectivity index is 1.55. The predicted octanol–water partition coefficient (Wildman–Crippen LogP) is 4.51. The second kappa shape index (κ2) is 7.35. The number of thiophene rings is 1. The van der Waals surface area contributed by atoms with Crippen molar-refractivity contribution >= 4 is 34.7 Å². The zero-order valence-electron chi connectivity index (χ0n) is 12.7. The summed E-state index contributed by atoms with van der Waals surface area (Å²) in [7, 11) is 0. The third kappa shape index (κ3) is 4.37. The summed E-state index contributed by atoms with van der Waals surface area (Å²) in [6.07, 6.45) is 3.38. The van der Waals surface area contributed by atoms with Gasteiger partial charge in [-0.15, -0.1) is 22.7 Å². The van der Waals surface area contributed by atoms with E-state index >= 15 is 0 Å². The quantitative estimate of drug-likeness (QED) is 0.694.